The molecule has 1 saturated heterocycles. The van der Waals surface area contributed by atoms with Gasteiger partial charge in [-0.2, -0.15) is 0 Å². The molecule has 0 atom stereocenters. The van der Waals surface area contributed by atoms with Gasteiger partial charge in [-0.05, 0) is 29.7 Å². The van der Waals surface area contributed by atoms with E-state index >= 15 is 0 Å². The first-order valence-electron chi connectivity index (χ1n) is 6.12. The molecule has 1 aromatic carbocycles. The first-order chi connectivity index (χ1) is 9.28. The first-order valence-corrected chi connectivity index (χ1v) is 6.49. The smallest absolute Gasteiger partial charge is 0.409 e. The topological polar surface area (TPSA) is 63.7 Å². The number of carbonyl (C=O) groups is 3. The lowest BCUT2D eigenvalue weighted by Gasteiger charge is -2.34. The summed E-state index contributed by atoms with van der Waals surface area (Å²) in [6, 6.07) is 6.05. The van der Waals surface area contributed by atoms with E-state index in [0.717, 1.165) is 4.90 Å². The Labute approximate surface area is 121 Å². The Morgan fingerprint density at radius 3 is 2.10 bits per heavy atom. The van der Waals surface area contributed by atoms with Crippen LogP contribution in [-0.2, 0) is 9.59 Å². The molecular weight excluding hydrogens is 282 g/mol. The van der Waals surface area contributed by atoms with E-state index < -0.39 is 5.43 Å². The molecule has 2 amide bonds. The predicted molar refractivity (Wildman–Crippen MR) is 73.8 cm³/mol. The number of nitrogens with zero attached hydrogens (tertiary/aromatic N) is 1. The van der Waals surface area contributed by atoms with Crippen molar-refractivity contribution in [2.75, 3.05) is 4.90 Å². The van der Waals surface area contributed by atoms with Crippen molar-refractivity contribution >= 4 is 34.5 Å². The minimum Gasteiger partial charge on any atom is -0.415 e. The Kier molecular flexibility index (Phi) is 3.81. The molecule has 0 unspecified atom stereocenters. The Morgan fingerprint density at radius 2 is 1.65 bits per heavy atom. The summed E-state index contributed by atoms with van der Waals surface area (Å²) in [6.07, 6.45) is 0.633. The standard InChI is InChI=1S/C14H14ClNO4/c1-14(2)7-11(17)16(12(18)8-14)9-3-5-10(6-4-9)20-13(15)19/h3-6H,7-8H2,1-2H3. The molecule has 20 heavy (non-hydrogen) atoms. The van der Waals surface area contributed by atoms with Crippen LogP contribution in [0.1, 0.15) is 26.7 Å². The third kappa shape index (κ3) is 3.17. The van der Waals surface area contributed by atoms with E-state index in [1.54, 1.807) is 12.1 Å². The van der Waals surface area contributed by atoms with Crippen molar-refractivity contribution in [2.45, 2.75) is 26.7 Å². The highest BCUT2D eigenvalue weighted by atomic mass is 35.5. The van der Waals surface area contributed by atoms with Crippen molar-refractivity contribution in [2.24, 2.45) is 5.41 Å². The van der Waals surface area contributed by atoms with Crippen LogP contribution in [0, 0.1) is 5.41 Å². The molecule has 0 spiro atoms. The van der Waals surface area contributed by atoms with Gasteiger partial charge in [-0.3, -0.25) is 14.5 Å². The highest BCUT2D eigenvalue weighted by Gasteiger charge is 2.38. The minimum atomic E-state index is -0.940. The van der Waals surface area contributed by atoms with Crippen LogP contribution < -0.4 is 9.64 Å². The third-order valence-corrected chi connectivity index (χ3v) is 3.13. The lowest BCUT2D eigenvalue weighted by atomic mass is 9.81. The van der Waals surface area contributed by atoms with Gasteiger partial charge in [0.05, 0.1) is 5.69 Å². The lowest BCUT2D eigenvalue weighted by molar-refractivity contribution is -0.132. The van der Waals surface area contributed by atoms with Crippen LogP contribution in [0.25, 0.3) is 0 Å². The lowest BCUT2D eigenvalue weighted by Crippen LogP contribution is -2.46. The second kappa shape index (κ2) is 5.25. The van der Waals surface area contributed by atoms with Gasteiger partial charge in [-0.1, -0.05) is 13.8 Å². The number of imide groups is 1. The maximum Gasteiger partial charge on any atom is 0.409 e. The highest BCUT2D eigenvalue weighted by molar-refractivity contribution is 6.61. The number of piperidine rings is 1. The molecule has 1 aliphatic rings. The van der Waals surface area contributed by atoms with Crippen molar-refractivity contribution in [3.63, 3.8) is 0 Å². The highest BCUT2D eigenvalue weighted by Crippen LogP contribution is 2.34. The number of anilines is 1. The molecule has 1 fully saturated rings. The van der Waals surface area contributed by atoms with E-state index in [-0.39, 0.29) is 23.0 Å². The molecule has 1 aliphatic heterocycles. The van der Waals surface area contributed by atoms with Gasteiger partial charge in [-0.25, -0.2) is 4.79 Å². The van der Waals surface area contributed by atoms with Crippen molar-refractivity contribution in [3.8, 4) is 5.75 Å². The van der Waals surface area contributed by atoms with Gasteiger partial charge in [0, 0.05) is 24.4 Å². The Morgan fingerprint density at radius 1 is 1.15 bits per heavy atom. The normalized spacial score (nSPS) is 18.1. The Hall–Kier alpha value is -1.88. The van der Waals surface area contributed by atoms with Crippen LogP contribution in [0.15, 0.2) is 24.3 Å². The van der Waals surface area contributed by atoms with Crippen LogP contribution in [0.2, 0.25) is 0 Å². The summed E-state index contributed by atoms with van der Waals surface area (Å²) in [7, 11) is 0. The number of benzene rings is 1. The molecule has 0 N–H and O–H groups in total. The van der Waals surface area contributed by atoms with E-state index in [4.69, 9.17) is 11.6 Å². The van der Waals surface area contributed by atoms with Crippen LogP contribution in [0.3, 0.4) is 0 Å². The first kappa shape index (κ1) is 14.5. The summed E-state index contributed by atoms with van der Waals surface area (Å²) in [5.74, 6) is -0.201. The molecule has 1 aromatic rings. The van der Waals surface area contributed by atoms with Crippen molar-refractivity contribution in [1.29, 1.82) is 0 Å². The summed E-state index contributed by atoms with van der Waals surface area (Å²) < 4.78 is 4.68. The van der Waals surface area contributed by atoms with E-state index in [0.29, 0.717) is 18.5 Å². The van der Waals surface area contributed by atoms with Gasteiger partial charge < -0.3 is 4.74 Å². The van der Waals surface area contributed by atoms with Crippen LogP contribution >= 0.6 is 11.6 Å². The summed E-state index contributed by atoms with van der Waals surface area (Å²) in [4.78, 5) is 35.9. The molecule has 0 aromatic heterocycles. The van der Waals surface area contributed by atoms with Crippen molar-refractivity contribution in [1.82, 2.24) is 0 Å². The average Bonchev–Trinajstić information content (AvgIpc) is 2.28. The van der Waals surface area contributed by atoms with E-state index in [9.17, 15) is 14.4 Å². The summed E-state index contributed by atoms with van der Waals surface area (Å²) >= 11 is 5.10. The molecular formula is C14H14ClNO4. The van der Waals surface area contributed by atoms with Crippen molar-refractivity contribution in [3.05, 3.63) is 24.3 Å². The SMILES string of the molecule is CC1(C)CC(=O)N(c2ccc(OC(=O)Cl)cc2)C(=O)C1. The zero-order valence-electron chi connectivity index (χ0n) is 11.2. The van der Waals surface area contributed by atoms with Gasteiger partial charge in [0.25, 0.3) is 0 Å². The number of carbonyl (C=O) groups excluding carboxylic acids is 3. The third-order valence-electron chi connectivity index (χ3n) is 3.05. The monoisotopic (exact) mass is 295 g/mol. The second-order valence-electron chi connectivity index (χ2n) is 5.47. The molecule has 0 radical (unpaired) electrons. The zero-order chi connectivity index (χ0) is 14.9. The molecule has 2 rings (SSSR count). The van der Waals surface area contributed by atoms with Gasteiger partial charge in [0.15, 0.2) is 0 Å². The number of rotatable bonds is 2. The summed E-state index contributed by atoms with van der Waals surface area (Å²) in [6.45, 7) is 3.78. The molecule has 5 nitrogen and oxygen atoms in total. The number of hydrogen-bond acceptors (Lipinski definition) is 4. The van der Waals surface area contributed by atoms with Gasteiger partial charge >= 0.3 is 5.43 Å². The maximum atomic E-state index is 12.1. The van der Waals surface area contributed by atoms with E-state index in [2.05, 4.69) is 4.74 Å². The fraction of sp³-hybridized carbons (Fsp3) is 0.357. The average molecular weight is 296 g/mol. The summed E-state index contributed by atoms with van der Waals surface area (Å²) in [5, 5.41) is 0. The predicted octanol–water partition coefficient (Wildman–Crippen LogP) is 3.10. The number of hydrogen-bond donors (Lipinski definition) is 0. The van der Waals surface area contributed by atoms with Crippen LogP contribution in [-0.4, -0.2) is 17.2 Å². The summed E-state index contributed by atoms with van der Waals surface area (Å²) in [5.41, 5.74) is -0.784. The Bertz CT molecular complexity index is 545. The molecule has 0 aliphatic carbocycles. The van der Waals surface area contributed by atoms with Crippen LogP contribution in [0.4, 0.5) is 10.5 Å². The van der Waals surface area contributed by atoms with E-state index in [1.807, 2.05) is 13.8 Å². The molecule has 0 saturated carbocycles. The zero-order valence-corrected chi connectivity index (χ0v) is 11.9. The number of amides is 2. The molecule has 6 heteroatoms. The largest absolute Gasteiger partial charge is 0.415 e. The molecule has 0 bridgehead atoms. The van der Waals surface area contributed by atoms with Gasteiger partial charge in [0.2, 0.25) is 11.8 Å². The van der Waals surface area contributed by atoms with E-state index in [1.165, 1.54) is 12.1 Å². The number of halogens is 1. The Balaban J connectivity index is 2.21. The maximum absolute atomic E-state index is 12.1. The van der Waals surface area contributed by atoms with Crippen molar-refractivity contribution < 1.29 is 19.1 Å². The van der Waals surface area contributed by atoms with Crippen LogP contribution in [0.5, 0.6) is 5.75 Å². The fourth-order valence-corrected chi connectivity index (χ4v) is 2.31. The molecule has 106 valence electrons. The van der Waals surface area contributed by atoms with Gasteiger partial charge in [-0.15, -0.1) is 0 Å². The number of ether oxygens (including phenoxy) is 1. The van der Waals surface area contributed by atoms with Gasteiger partial charge in [0.1, 0.15) is 5.75 Å². The fourth-order valence-electron chi connectivity index (χ4n) is 2.22. The quantitative estimate of drug-likeness (QED) is 0.621. The minimum absolute atomic E-state index is 0.228. The second-order valence-corrected chi connectivity index (χ2v) is 5.78. The molecule has 1 heterocycles.